The fourth-order valence-corrected chi connectivity index (χ4v) is 2.76. The molecule has 0 radical (unpaired) electrons. The minimum Gasteiger partial charge on any atom is -0.482 e. The highest BCUT2D eigenvalue weighted by molar-refractivity contribution is 5.98. The fraction of sp³-hybridized carbons (Fsp3) is 0.300. The number of fused-ring (bicyclic) bond motifs is 1. The number of benzene rings is 2. The van der Waals surface area contributed by atoms with E-state index in [9.17, 15) is 9.59 Å². The third-order valence-electron chi connectivity index (χ3n) is 4.31. The minimum atomic E-state index is -0.191. The van der Waals surface area contributed by atoms with Crippen molar-refractivity contribution in [2.45, 2.75) is 20.0 Å². The molecule has 2 N–H and O–H groups in total. The Morgan fingerprint density at radius 3 is 2.85 bits per heavy atom. The van der Waals surface area contributed by atoms with Crippen LogP contribution in [-0.2, 0) is 17.9 Å². The molecule has 2 amide bonds. The molecule has 0 saturated heterocycles. The van der Waals surface area contributed by atoms with Crippen molar-refractivity contribution in [3.8, 4) is 5.75 Å². The van der Waals surface area contributed by atoms with Gasteiger partial charge in [-0.05, 0) is 42.9 Å². The Morgan fingerprint density at radius 2 is 2.04 bits per heavy atom. The monoisotopic (exact) mass is 353 g/mol. The maximum Gasteiger partial charge on any atom is 0.262 e. The van der Waals surface area contributed by atoms with Gasteiger partial charge in [0.2, 0.25) is 0 Å². The van der Waals surface area contributed by atoms with Crippen LogP contribution in [0.2, 0.25) is 0 Å². The third kappa shape index (κ3) is 4.40. The number of amides is 2. The predicted octanol–water partition coefficient (Wildman–Crippen LogP) is 2.40. The smallest absolute Gasteiger partial charge is 0.262 e. The summed E-state index contributed by atoms with van der Waals surface area (Å²) in [6, 6.07) is 13.2. The average Bonchev–Trinajstić information content (AvgIpc) is 2.65. The van der Waals surface area contributed by atoms with Gasteiger partial charge >= 0.3 is 0 Å². The number of hydrogen-bond donors (Lipinski definition) is 2. The highest BCUT2D eigenvalue weighted by atomic mass is 16.5. The van der Waals surface area contributed by atoms with Gasteiger partial charge in [0, 0.05) is 18.7 Å². The zero-order chi connectivity index (χ0) is 18.5. The van der Waals surface area contributed by atoms with Gasteiger partial charge in [-0.2, -0.15) is 0 Å². The number of nitrogens with zero attached hydrogens (tertiary/aromatic N) is 1. The molecule has 136 valence electrons. The summed E-state index contributed by atoms with van der Waals surface area (Å²) in [4.78, 5) is 25.9. The van der Waals surface area contributed by atoms with Crippen LogP contribution in [0.5, 0.6) is 5.75 Å². The van der Waals surface area contributed by atoms with Gasteiger partial charge in [0.15, 0.2) is 6.61 Å². The van der Waals surface area contributed by atoms with E-state index in [0.29, 0.717) is 23.5 Å². The molecule has 26 heavy (non-hydrogen) atoms. The molecule has 1 aliphatic heterocycles. The molecule has 0 unspecified atom stereocenters. The van der Waals surface area contributed by atoms with Crippen LogP contribution in [0.25, 0.3) is 0 Å². The van der Waals surface area contributed by atoms with Crippen LogP contribution in [0.4, 0.5) is 5.69 Å². The summed E-state index contributed by atoms with van der Waals surface area (Å²) in [5.41, 5.74) is 3.37. The molecule has 2 aromatic carbocycles. The summed E-state index contributed by atoms with van der Waals surface area (Å²) in [6.07, 6.45) is 0. The van der Waals surface area contributed by atoms with E-state index < -0.39 is 0 Å². The molecular formula is C20H23N3O3. The lowest BCUT2D eigenvalue weighted by Gasteiger charge is -2.18. The molecule has 0 aliphatic carbocycles. The van der Waals surface area contributed by atoms with Crippen molar-refractivity contribution in [2.24, 2.45) is 0 Å². The summed E-state index contributed by atoms with van der Waals surface area (Å²) >= 11 is 0. The first kappa shape index (κ1) is 17.9. The molecule has 0 spiro atoms. The summed E-state index contributed by atoms with van der Waals surface area (Å²) in [6.45, 7) is 4.42. The van der Waals surface area contributed by atoms with E-state index in [2.05, 4.69) is 41.6 Å². The first-order chi connectivity index (χ1) is 12.5. The topological polar surface area (TPSA) is 70.7 Å². The van der Waals surface area contributed by atoms with Crippen LogP contribution in [0.15, 0.2) is 42.5 Å². The first-order valence-electron chi connectivity index (χ1n) is 8.66. The summed E-state index contributed by atoms with van der Waals surface area (Å²) in [5.74, 6) is 0.148. The number of rotatable bonds is 6. The maximum absolute atomic E-state index is 12.4. The molecule has 1 heterocycles. The normalized spacial score (nSPS) is 13.0. The minimum absolute atomic E-state index is 0.0307. The second kappa shape index (κ2) is 8.01. The highest BCUT2D eigenvalue weighted by Gasteiger charge is 2.17. The zero-order valence-electron chi connectivity index (χ0n) is 15.0. The maximum atomic E-state index is 12.4. The molecule has 2 aromatic rings. The number of anilines is 1. The Labute approximate surface area is 153 Å². The van der Waals surface area contributed by atoms with Gasteiger partial charge in [0.05, 0.1) is 5.69 Å². The van der Waals surface area contributed by atoms with Crippen molar-refractivity contribution < 1.29 is 14.3 Å². The van der Waals surface area contributed by atoms with Crippen molar-refractivity contribution in [1.82, 2.24) is 10.2 Å². The standard InChI is InChI=1S/C20H23N3O3/c1-3-23(2)12-15-6-4-5-14(9-15)11-21-20(25)16-7-8-17-18(10-16)26-13-19(24)22-17/h4-10H,3,11-13H2,1-2H3,(H,21,25)(H,22,24). The lowest BCUT2D eigenvalue weighted by atomic mass is 10.1. The van der Waals surface area contributed by atoms with Gasteiger partial charge in [-0.3, -0.25) is 9.59 Å². The number of nitrogens with one attached hydrogen (secondary N) is 2. The molecule has 0 aromatic heterocycles. The van der Waals surface area contributed by atoms with Crippen molar-refractivity contribution in [3.05, 3.63) is 59.2 Å². The fourth-order valence-electron chi connectivity index (χ4n) is 2.76. The molecular weight excluding hydrogens is 330 g/mol. The average molecular weight is 353 g/mol. The van der Waals surface area contributed by atoms with Crippen LogP contribution >= 0.6 is 0 Å². The summed E-state index contributed by atoms with van der Waals surface area (Å²) < 4.78 is 5.36. The van der Waals surface area contributed by atoms with Gasteiger partial charge in [-0.25, -0.2) is 0 Å². The Morgan fingerprint density at radius 1 is 1.23 bits per heavy atom. The van der Waals surface area contributed by atoms with Crippen LogP contribution in [0, 0.1) is 0 Å². The van der Waals surface area contributed by atoms with E-state index in [4.69, 9.17) is 4.74 Å². The quantitative estimate of drug-likeness (QED) is 0.837. The molecule has 6 nitrogen and oxygen atoms in total. The predicted molar refractivity (Wildman–Crippen MR) is 100 cm³/mol. The first-order valence-corrected chi connectivity index (χ1v) is 8.66. The number of carbonyl (C=O) groups excluding carboxylic acids is 2. The molecule has 1 aliphatic rings. The highest BCUT2D eigenvalue weighted by Crippen LogP contribution is 2.28. The van der Waals surface area contributed by atoms with E-state index in [0.717, 1.165) is 18.7 Å². The second-order valence-corrected chi connectivity index (χ2v) is 6.38. The Hall–Kier alpha value is -2.86. The molecule has 0 bridgehead atoms. The molecule has 0 saturated carbocycles. The Bertz CT molecular complexity index is 820. The molecule has 0 atom stereocenters. The van der Waals surface area contributed by atoms with Gasteiger partial charge in [-0.15, -0.1) is 0 Å². The lowest BCUT2D eigenvalue weighted by Crippen LogP contribution is -2.26. The van der Waals surface area contributed by atoms with E-state index in [1.807, 2.05) is 12.1 Å². The van der Waals surface area contributed by atoms with Crippen molar-refractivity contribution >= 4 is 17.5 Å². The summed E-state index contributed by atoms with van der Waals surface area (Å²) in [5, 5.41) is 5.64. The lowest BCUT2D eigenvalue weighted by molar-refractivity contribution is -0.118. The van der Waals surface area contributed by atoms with Crippen LogP contribution in [0.1, 0.15) is 28.4 Å². The van der Waals surface area contributed by atoms with Gasteiger partial charge in [0.25, 0.3) is 11.8 Å². The van der Waals surface area contributed by atoms with Crippen LogP contribution < -0.4 is 15.4 Å². The number of hydrogen-bond acceptors (Lipinski definition) is 4. The van der Waals surface area contributed by atoms with E-state index in [1.54, 1.807) is 18.2 Å². The van der Waals surface area contributed by atoms with Gasteiger partial charge < -0.3 is 20.3 Å². The Balaban J connectivity index is 1.62. The van der Waals surface area contributed by atoms with Gasteiger partial charge in [0.1, 0.15) is 5.75 Å². The largest absolute Gasteiger partial charge is 0.482 e. The number of ether oxygens (including phenoxy) is 1. The molecule has 0 fully saturated rings. The van der Waals surface area contributed by atoms with Crippen LogP contribution in [0.3, 0.4) is 0 Å². The third-order valence-corrected chi connectivity index (χ3v) is 4.31. The zero-order valence-corrected chi connectivity index (χ0v) is 15.0. The second-order valence-electron chi connectivity index (χ2n) is 6.38. The van der Waals surface area contributed by atoms with Crippen LogP contribution in [-0.4, -0.2) is 36.9 Å². The van der Waals surface area contributed by atoms with Crippen molar-refractivity contribution in [2.75, 3.05) is 25.5 Å². The number of carbonyl (C=O) groups is 2. The van der Waals surface area contributed by atoms with Gasteiger partial charge in [-0.1, -0.05) is 31.2 Å². The molecule has 3 rings (SSSR count). The van der Waals surface area contributed by atoms with E-state index >= 15 is 0 Å². The summed E-state index contributed by atoms with van der Waals surface area (Å²) in [7, 11) is 2.08. The van der Waals surface area contributed by atoms with Crippen molar-refractivity contribution in [1.29, 1.82) is 0 Å². The SMILES string of the molecule is CCN(C)Cc1cccc(CNC(=O)c2ccc3c(c2)OCC(=O)N3)c1. The van der Waals surface area contributed by atoms with E-state index in [-0.39, 0.29) is 18.4 Å². The van der Waals surface area contributed by atoms with E-state index in [1.165, 1.54) is 5.56 Å². The van der Waals surface area contributed by atoms with Crippen molar-refractivity contribution in [3.63, 3.8) is 0 Å². The molecule has 6 heteroatoms. The Kier molecular flexibility index (Phi) is 5.53.